The lowest BCUT2D eigenvalue weighted by molar-refractivity contribution is 0.900. The molecule has 4 N–H and O–H groups in total. The minimum atomic E-state index is 0.0801. The van der Waals surface area contributed by atoms with E-state index in [0.29, 0.717) is 5.56 Å². The molecule has 0 aliphatic heterocycles. The van der Waals surface area contributed by atoms with Crippen LogP contribution in [0.4, 0.5) is 5.82 Å². The summed E-state index contributed by atoms with van der Waals surface area (Å²) in [4.78, 5) is 4.46. The number of nitrogens with one attached hydrogen (secondary N) is 2. The summed E-state index contributed by atoms with van der Waals surface area (Å²) in [6, 6.07) is 1.99. The third kappa shape index (κ3) is 1.32. The third-order valence-corrected chi connectivity index (χ3v) is 2.58. The molecule has 0 saturated heterocycles. The summed E-state index contributed by atoms with van der Waals surface area (Å²) >= 11 is 0. The average molecular weight is 190 g/mol. The molecule has 1 aliphatic carbocycles. The number of nitrogens with zero attached hydrogens (tertiary/aromatic N) is 1. The topological polar surface area (TPSA) is 74.8 Å². The van der Waals surface area contributed by atoms with Crippen molar-refractivity contribution in [3.05, 3.63) is 22.9 Å². The number of fused-ring (bicyclic) bond motifs is 1. The minimum Gasteiger partial charge on any atom is -0.384 e. The van der Waals surface area contributed by atoms with E-state index < -0.39 is 0 Å². The van der Waals surface area contributed by atoms with Crippen LogP contribution in [-0.2, 0) is 12.8 Å². The van der Waals surface area contributed by atoms with Crippen LogP contribution < -0.4 is 11.1 Å². The summed E-state index contributed by atoms with van der Waals surface area (Å²) in [6.45, 7) is 0. The molecule has 14 heavy (non-hydrogen) atoms. The van der Waals surface area contributed by atoms with E-state index in [9.17, 15) is 0 Å². The summed E-state index contributed by atoms with van der Waals surface area (Å²) in [5.41, 5.74) is 8.60. The number of pyridine rings is 1. The minimum absolute atomic E-state index is 0.0801. The zero-order valence-electron chi connectivity index (χ0n) is 8.22. The molecule has 1 aromatic rings. The van der Waals surface area contributed by atoms with Gasteiger partial charge >= 0.3 is 0 Å². The lowest BCUT2D eigenvalue weighted by Gasteiger charge is -2.09. The number of anilines is 1. The van der Waals surface area contributed by atoms with Gasteiger partial charge in [0, 0.05) is 12.7 Å². The molecular weight excluding hydrogens is 176 g/mol. The molecule has 0 radical (unpaired) electrons. The molecule has 0 aromatic carbocycles. The third-order valence-electron chi connectivity index (χ3n) is 2.58. The molecule has 4 nitrogen and oxygen atoms in total. The van der Waals surface area contributed by atoms with Crippen molar-refractivity contribution in [2.75, 3.05) is 12.4 Å². The van der Waals surface area contributed by atoms with Gasteiger partial charge in [-0.3, -0.25) is 5.41 Å². The molecule has 2 rings (SSSR count). The molecule has 0 saturated carbocycles. The smallest absolute Gasteiger partial charge is 0.137 e. The molecule has 0 atom stereocenters. The highest BCUT2D eigenvalue weighted by atomic mass is 15.0. The second kappa shape index (κ2) is 3.29. The number of nitrogen functional groups attached to an aromatic ring is 1. The zero-order valence-corrected chi connectivity index (χ0v) is 8.22. The van der Waals surface area contributed by atoms with Gasteiger partial charge in [0.15, 0.2) is 0 Å². The monoisotopic (exact) mass is 190 g/mol. The van der Waals surface area contributed by atoms with Gasteiger partial charge in [-0.15, -0.1) is 0 Å². The van der Waals surface area contributed by atoms with Crippen LogP contribution in [0.2, 0.25) is 0 Å². The number of amidine groups is 1. The quantitative estimate of drug-likeness (QED) is 0.479. The Morgan fingerprint density at radius 2 is 2.36 bits per heavy atom. The lowest BCUT2D eigenvalue weighted by Crippen LogP contribution is -2.15. The Hall–Kier alpha value is -1.58. The van der Waals surface area contributed by atoms with Crippen LogP contribution in [0.3, 0.4) is 0 Å². The first kappa shape index (κ1) is 8.99. The fourth-order valence-corrected chi connectivity index (χ4v) is 1.87. The van der Waals surface area contributed by atoms with Gasteiger partial charge < -0.3 is 11.1 Å². The predicted molar refractivity (Wildman–Crippen MR) is 56.8 cm³/mol. The van der Waals surface area contributed by atoms with Crippen molar-refractivity contribution in [2.45, 2.75) is 19.3 Å². The van der Waals surface area contributed by atoms with Crippen LogP contribution >= 0.6 is 0 Å². The van der Waals surface area contributed by atoms with Crippen LogP contribution in [0, 0.1) is 5.41 Å². The van der Waals surface area contributed by atoms with Crippen molar-refractivity contribution in [3.8, 4) is 0 Å². The molecular formula is C10H14N4. The van der Waals surface area contributed by atoms with Gasteiger partial charge in [0.25, 0.3) is 0 Å². The number of rotatable bonds is 2. The van der Waals surface area contributed by atoms with Gasteiger partial charge in [0.2, 0.25) is 0 Å². The van der Waals surface area contributed by atoms with Crippen molar-refractivity contribution in [2.24, 2.45) is 5.73 Å². The van der Waals surface area contributed by atoms with Crippen molar-refractivity contribution in [1.29, 1.82) is 5.41 Å². The molecule has 0 unspecified atom stereocenters. The highest BCUT2D eigenvalue weighted by Crippen LogP contribution is 2.24. The van der Waals surface area contributed by atoms with Gasteiger partial charge in [-0.1, -0.05) is 0 Å². The Morgan fingerprint density at radius 1 is 1.57 bits per heavy atom. The van der Waals surface area contributed by atoms with E-state index >= 15 is 0 Å². The summed E-state index contributed by atoms with van der Waals surface area (Å²) < 4.78 is 0. The molecule has 1 heterocycles. The van der Waals surface area contributed by atoms with Gasteiger partial charge in [0.05, 0.1) is 5.56 Å². The van der Waals surface area contributed by atoms with Crippen LogP contribution in [0.1, 0.15) is 23.2 Å². The molecule has 1 aliphatic rings. The number of aromatic nitrogens is 1. The molecule has 74 valence electrons. The van der Waals surface area contributed by atoms with Crippen LogP contribution in [-0.4, -0.2) is 17.9 Å². The molecule has 0 amide bonds. The standard InChI is InChI=1S/C10H14N4/c1-13-10-7(9(11)12)5-6-3-2-4-8(6)14-10/h5H,2-4H2,1H3,(H3,11,12)(H,13,14). The Kier molecular flexibility index (Phi) is 2.11. The van der Waals surface area contributed by atoms with Gasteiger partial charge in [-0.05, 0) is 30.9 Å². The van der Waals surface area contributed by atoms with E-state index in [2.05, 4.69) is 10.3 Å². The second-order valence-corrected chi connectivity index (χ2v) is 3.51. The molecule has 0 fully saturated rings. The van der Waals surface area contributed by atoms with E-state index in [0.717, 1.165) is 30.8 Å². The van der Waals surface area contributed by atoms with Crippen molar-refractivity contribution >= 4 is 11.7 Å². The van der Waals surface area contributed by atoms with Gasteiger partial charge in [-0.25, -0.2) is 4.98 Å². The Morgan fingerprint density at radius 3 is 3.00 bits per heavy atom. The maximum atomic E-state index is 7.44. The Labute approximate surface area is 83.0 Å². The highest BCUT2D eigenvalue weighted by Gasteiger charge is 2.16. The SMILES string of the molecule is CNc1nc2c(cc1C(=N)N)CCC2. The van der Waals surface area contributed by atoms with Crippen LogP contribution in [0.15, 0.2) is 6.07 Å². The van der Waals surface area contributed by atoms with Gasteiger partial charge in [-0.2, -0.15) is 0 Å². The summed E-state index contributed by atoms with van der Waals surface area (Å²) in [5, 5.41) is 10.4. The largest absolute Gasteiger partial charge is 0.384 e. The first-order chi connectivity index (χ1) is 6.72. The number of hydrogen-bond donors (Lipinski definition) is 3. The Bertz CT molecular complexity index is 384. The summed E-state index contributed by atoms with van der Waals surface area (Å²) in [5.74, 6) is 0.801. The van der Waals surface area contributed by atoms with E-state index in [1.807, 2.05) is 6.07 Å². The van der Waals surface area contributed by atoms with Crippen molar-refractivity contribution in [1.82, 2.24) is 4.98 Å². The summed E-state index contributed by atoms with van der Waals surface area (Å²) in [7, 11) is 1.80. The first-order valence-corrected chi connectivity index (χ1v) is 4.77. The van der Waals surface area contributed by atoms with E-state index in [4.69, 9.17) is 11.1 Å². The molecule has 0 spiro atoms. The van der Waals surface area contributed by atoms with E-state index in [-0.39, 0.29) is 5.84 Å². The van der Waals surface area contributed by atoms with E-state index in [1.54, 1.807) is 7.05 Å². The van der Waals surface area contributed by atoms with E-state index in [1.165, 1.54) is 5.56 Å². The highest BCUT2D eigenvalue weighted by molar-refractivity contribution is 5.99. The van der Waals surface area contributed by atoms with Crippen molar-refractivity contribution < 1.29 is 0 Å². The van der Waals surface area contributed by atoms with Crippen LogP contribution in [0.25, 0.3) is 0 Å². The Balaban J connectivity index is 2.54. The van der Waals surface area contributed by atoms with Gasteiger partial charge in [0.1, 0.15) is 11.7 Å². The zero-order chi connectivity index (χ0) is 10.1. The number of aryl methyl sites for hydroxylation is 2. The average Bonchev–Trinajstić information content (AvgIpc) is 2.62. The number of hydrogen-bond acceptors (Lipinski definition) is 3. The lowest BCUT2D eigenvalue weighted by atomic mass is 10.1. The summed E-state index contributed by atoms with van der Waals surface area (Å²) in [6.07, 6.45) is 3.27. The number of nitrogens with two attached hydrogens (primary N) is 1. The maximum absolute atomic E-state index is 7.44. The first-order valence-electron chi connectivity index (χ1n) is 4.77. The maximum Gasteiger partial charge on any atom is 0.137 e. The predicted octanol–water partition coefficient (Wildman–Crippen LogP) is 0.896. The fraction of sp³-hybridized carbons (Fsp3) is 0.400. The molecule has 1 aromatic heterocycles. The fourth-order valence-electron chi connectivity index (χ4n) is 1.87. The molecule has 0 bridgehead atoms. The normalized spacial score (nSPS) is 13.8. The van der Waals surface area contributed by atoms with Crippen molar-refractivity contribution in [3.63, 3.8) is 0 Å². The molecule has 4 heteroatoms. The second-order valence-electron chi connectivity index (χ2n) is 3.51. The van der Waals surface area contributed by atoms with Crippen LogP contribution in [0.5, 0.6) is 0 Å².